The quantitative estimate of drug-likeness (QED) is 0.473. The lowest BCUT2D eigenvalue weighted by molar-refractivity contribution is 0.213. The van der Waals surface area contributed by atoms with Gasteiger partial charge in [0.2, 0.25) is 0 Å². The maximum absolute atomic E-state index is 5.78. The van der Waals surface area contributed by atoms with E-state index in [1.165, 1.54) is 0 Å². The van der Waals surface area contributed by atoms with Crippen LogP contribution in [-0.2, 0) is 18.9 Å². The first-order chi connectivity index (χ1) is 7.38. The summed E-state index contributed by atoms with van der Waals surface area (Å²) in [6, 6.07) is 0. The number of hydrogen-bond donors (Lipinski definition) is 1. The Bertz CT molecular complexity index is 381. The Hall–Kier alpha value is -0.200. The molecule has 7 aliphatic rings. The first-order valence-corrected chi connectivity index (χ1v) is 5.79. The highest BCUT2D eigenvalue weighted by molar-refractivity contribution is 5.55. The van der Waals surface area contributed by atoms with Crippen molar-refractivity contribution in [3.63, 3.8) is 0 Å². The Morgan fingerprint density at radius 2 is 0.933 bits per heavy atom. The fourth-order valence-corrected chi connectivity index (χ4v) is 4.82. The van der Waals surface area contributed by atoms with Crippen molar-refractivity contribution in [1.29, 1.82) is 0 Å². The van der Waals surface area contributed by atoms with E-state index in [0.717, 1.165) is 0 Å². The number of nitrogens with one attached hydrogen (secondary N) is 1. The molecule has 0 aromatic rings. The number of fused-ring (bicyclic) bond motifs is 6. The van der Waals surface area contributed by atoms with E-state index in [1.54, 1.807) is 0 Å². The number of epoxide rings is 4. The van der Waals surface area contributed by atoms with E-state index >= 15 is 0 Å². The third kappa shape index (κ3) is 0.406. The summed E-state index contributed by atoms with van der Waals surface area (Å²) in [5.41, 5.74) is 0.134. The highest BCUT2D eigenvalue weighted by Crippen LogP contribution is 2.76. The number of rotatable bonds is 0. The molecule has 0 spiro atoms. The van der Waals surface area contributed by atoms with Crippen LogP contribution in [0.25, 0.3) is 0 Å². The first-order valence-electron chi connectivity index (χ1n) is 5.79. The summed E-state index contributed by atoms with van der Waals surface area (Å²) in [6.45, 7) is 0. The van der Waals surface area contributed by atoms with Gasteiger partial charge in [-0.25, -0.2) is 0 Å². The van der Waals surface area contributed by atoms with Crippen LogP contribution >= 0.6 is 0 Å². The van der Waals surface area contributed by atoms with Crippen molar-refractivity contribution in [2.45, 2.75) is 59.9 Å². The summed E-state index contributed by atoms with van der Waals surface area (Å²) >= 11 is 0. The molecule has 2 saturated carbocycles. The van der Waals surface area contributed by atoms with Gasteiger partial charge in [0.25, 0.3) is 0 Å². The van der Waals surface area contributed by atoms with Gasteiger partial charge in [-0.05, 0) is 0 Å². The SMILES string of the molecule is N1C23C4OC4C4OC4C12C1OC1C1OC13. The normalized spacial score (nSPS) is 91.2. The average molecular weight is 207 g/mol. The van der Waals surface area contributed by atoms with Crippen molar-refractivity contribution in [2.75, 3.05) is 0 Å². The van der Waals surface area contributed by atoms with Crippen molar-refractivity contribution >= 4 is 0 Å². The minimum atomic E-state index is 0.0671. The van der Waals surface area contributed by atoms with E-state index in [0.29, 0.717) is 48.8 Å². The standard InChI is InChI=1S/C10H9NO4/c11-9-5-1(12-5)2-6(13-2)10(9,11)8-4(15-8)3-7(9)14-3/h1-8,11H. The minimum absolute atomic E-state index is 0.0671. The highest BCUT2D eigenvalue weighted by atomic mass is 16.7. The Labute approximate surface area is 85.0 Å². The third-order valence-electron chi connectivity index (χ3n) is 5.58. The number of ether oxygens (including phenoxy) is 4. The van der Waals surface area contributed by atoms with Crippen LogP contribution in [0.5, 0.6) is 0 Å². The van der Waals surface area contributed by atoms with E-state index in [4.69, 9.17) is 18.9 Å². The summed E-state index contributed by atoms with van der Waals surface area (Å²) in [5, 5.41) is 3.69. The van der Waals surface area contributed by atoms with Gasteiger partial charge < -0.3 is 18.9 Å². The lowest BCUT2D eigenvalue weighted by atomic mass is 9.71. The topological polar surface area (TPSA) is 72.1 Å². The van der Waals surface area contributed by atoms with Crippen LogP contribution in [0.15, 0.2) is 0 Å². The van der Waals surface area contributed by atoms with Gasteiger partial charge in [-0.1, -0.05) is 0 Å². The molecule has 5 heterocycles. The molecule has 5 nitrogen and oxygen atoms in total. The van der Waals surface area contributed by atoms with Gasteiger partial charge in [0.15, 0.2) is 0 Å². The number of hydrogen-bond acceptors (Lipinski definition) is 5. The third-order valence-corrected chi connectivity index (χ3v) is 5.58. The molecule has 15 heavy (non-hydrogen) atoms. The lowest BCUT2D eigenvalue weighted by Crippen LogP contribution is -2.52. The second-order valence-electron chi connectivity index (χ2n) is 5.95. The molecule has 0 amide bonds. The maximum Gasteiger partial charge on any atom is 0.115 e. The van der Waals surface area contributed by atoms with Gasteiger partial charge in [-0.3, -0.25) is 5.32 Å². The van der Waals surface area contributed by atoms with Gasteiger partial charge in [0.1, 0.15) is 59.9 Å². The Balaban J connectivity index is 1.55. The Morgan fingerprint density at radius 1 is 0.600 bits per heavy atom. The van der Waals surface area contributed by atoms with E-state index in [9.17, 15) is 0 Å². The smallest absolute Gasteiger partial charge is 0.115 e. The Kier molecular flexibility index (Phi) is 0.590. The van der Waals surface area contributed by atoms with Crippen LogP contribution in [0.1, 0.15) is 0 Å². The van der Waals surface area contributed by atoms with Gasteiger partial charge in [-0.2, -0.15) is 0 Å². The first kappa shape index (κ1) is 6.51. The molecule has 78 valence electrons. The molecule has 0 aromatic carbocycles. The van der Waals surface area contributed by atoms with Gasteiger partial charge >= 0.3 is 0 Å². The van der Waals surface area contributed by atoms with Crippen LogP contribution in [0.2, 0.25) is 0 Å². The molecule has 1 N–H and O–H groups in total. The monoisotopic (exact) mass is 207 g/mol. The van der Waals surface area contributed by atoms with Crippen LogP contribution < -0.4 is 5.32 Å². The zero-order valence-corrected chi connectivity index (χ0v) is 7.75. The molecule has 5 saturated heterocycles. The molecule has 0 bridgehead atoms. The van der Waals surface area contributed by atoms with E-state index < -0.39 is 0 Å². The van der Waals surface area contributed by atoms with E-state index in [-0.39, 0.29) is 11.1 Å². The summed E-state index contributed by atoms with van der Waals surface area (Å²) in [6.07, 6.45) is 2.72. The van der Waals surface area contributed by atoms with E-state index in [2.05, 4.69) is 5.32 Å². The predicted molar refractivity (Wildman–Crippen MR) is 43.2 cm³/mol. The van der Waals surface area contributed by atoms with Crippen LogP contribution in [0.3, 0.4) is 0 Å². The fraction of sp³-hybridized carbons (Fsp3) is 1.00. The zero-order valence-electron chi connectivity index (χ0n) is 7.75. The van der Waals surface area contributed by atoms with Crippen LogP contribution in [-0.4, -0.2) is 59.9 Å². The van der Waals surface area contributed by atoms with Crippen molar-refractivity contribution < 1.29 is 18.9 Å². The van der Waals surface area contributed by atoms with Gasteiger partial charge in [-0.15, -0.1) is 0 Å². The molecule has 5 aliphatic heterocycles. The molecule has 8 atom stereocenters. The molecule has 0 aromatic heterocycles. The van der Waals surface area contributed by atoms with Gasteiger partial charge in [0, 0.05) is 0 Å². The van der Waals surface area contributed by atoms with Crippen molar-refractivity contribution in [1.82, 2.24) is 5.32 Å². The predicted octanol–water partition coefficient (Wildman–Crippen LogP) is -1.84. The maximum atomic E-state index is 5.78. The average Bonchev–Trinajstić information content (AvgIpc) is 3.06. The summed E-state index contributed by atoms with van der Waals surface area (Å²) in [4.78, 5) is 0. The van der Waals surface area contributed by atoms with Crippen molar-refractivity contribution in [3.8, 4) is 0 Å². The summed E-state index contributed by atoms with van der Waals surface area (Å²) < 4.78 is 23.1. The lowest BCUT2D eigenvalue weighted by Gasteiger charge is -2.21. The summed E-state index contributed by atoms with van der Waals surface area (Å²) in [5.74, 6) is 0. The van der Waals surface area contributed by atoms with Crippen molar-refractivity contribution in [3.05, 3.63) is 0 Å². The second kappa shape index (κ2) is 1.36. The zero-order chi connectivity index (χ0) is 9.15. The summed E-state index contributed by atoms with van der Waals surface area (Å²) in [7, 11) is 0. The molecular formula is C10H9NO4. The molecule has 0 radical (unpaired) electrons. The second-order valence-corrected chi connectivity index (χ2v) is 5.95. The molecule has 8 unspecified atom stereocenters. The molecule has 2 aliphatic carbocycles. The van der Waals surface area contributed by atoms with Crippen LogP contribution in [0.4, 0.5) is 0 Å². The van der Waals surface area contributed by atoms with Crippen molar-refractivity contribution in [2.24, 2.45) is 0 Å². The Morgan fingerprint density at radius 3 is 1.27 bits per heavy atom. The highest BCUT2D eigenvalue weighted by Gasteiger charge is 3.01. The molecule has 5 heteroatoms. The largest absolute Gasteiger partial charge is 0.364 e. The fourth-order valence-electron chi connectivity index (χ4n) is 4.82. The minimum Gasteiger partial charge on any atom is -0.364 e. The van der Waals surface area contributed by atoms with E-state index in [1.807, 2.05) is 0 Å². The van der Waals surface area contributed by atoms with Gasteiger partial charge in [0.05, 0.1) is 0 Å². The molecular weight excluding hydrogens is 198 g/mol. The van der Waals surface area contributed by atoms with Crippen LogP contribution in [0, 0.1) is 0 Å². The molecule has 7 rings (SSSR count). The molecule has 7 fully saturated rings.